The van der Waals surface area contributed by atoms with Crippen LogP contribution in [0.15, 0.2) is 42.5 Å². The normalized spacial score (nSPS) is 13.9. The van der Waals surface area contributed by atoms with Crippen molar-refractivity contribution in [1.29, 1.82) is 0 Å². The Morgan fingerprint density at radius 3 is 2.46 bits per heavy atom. The first-order valence-electron chi connectivity index (χ1n) is 9.27. The molecule has 0 aromatic heterocycles. The van der Waals surface area contributed by atoms with E-state index >= 15 is 0 Å². The van der Waals surface area contributed by atoms with Crippen LogP contribution in [0.1, 0.15) is 38.2 Å². The maximum absolute atomic E-state index is 12.2. The van der Waals surface area contributed by atoms with Crippen LogP contribution in [0.5, 0.6) is 11.5 Å². The summed E-state index contributed by atoms with van der Waals surface area (Å²) in [5, 5.41) is 0. The summed E-state index contributed by atoms with van der Waals surface area (Å²) >= 11 is 0. The van der Waals surface area contributed by atoms with Gasteiger partial charge < -0.3 is 14.4 Å². The van der Waals surface area contributed by atoms with Crippen LogP contribution >= 0.6 is 0 Å². The monoisotopic (exact) mass is 353 g/mol. The predicted molar refractivity (Wildman–Crippen MR) is 104 cm³/mol. The molecular formula is C22H27NO3. The molecule has 1 aliphatic rings. The molecule has 0 N–H and O–H groups in total. The minimum atomic E-state index is 0.0497. The summed E-state index contributed by atoms with van der Waals surface area (Å²) in [6, 6.07) is 14.3. The molecule has 1 aliphatic heterocycles. The van der Waals surface area contributed by atoms with Gasteiger partial charge in [0.1, 0.15) is 11.5 Å². The third-order valence-electron chi connectivity index (χ3n) is 4.82. The van der Waals surface area contributed by atoms with Gasteiger partial charge in [-0.05, 0) is 47.6 Å². The molecule has 0 radical (unpaired) electrons. The van der Waals surface area contributed by atoms with Gasteiger partial charge in [0, 0.05) is 19.2 Å². The van der Waals surface area contributed by atoms with Crippen LogP contribution < -0.4 is 9.47 Å². The molecule has 1 amide bonds. The van der Waals surface area contributed by atoms with Gasteiger partial charge in [0.05, 0.1) is 7.11 Å². The summed E-state index contributed by atoms with van der Waals surface area (Å²) in [7, 11) is 1.64. The fraction of sp³-hybridized carbons (Fsp3) is 0.409. The van der Waals surface area contributed by atoms with Crippen LogP contribution in [0.2, 0.25) is 0 Å². The Labute approximate surface area is 155 Å². The summed E-state index contributed by atoms with van der Waals surface area (Å²) in [4.78, 5) is 14.1. The van der Waals surface area contributed by atoms with E-state index in [-0.39, 0.29) is 12.5 Å². The van der Waals surface area contributed by atoms with Gasteiger partial charge in [-0.1, -0.05) is 38.1 Å². The summed E-state index contributed by atoms with van der Waals surface area (Å²) in [5.41, 5.74) is 3.43. The molecule has 4 heteroatoms. The van der Waals surface area contributed by atoms with E-state index in [1.54, 1.807) is 7.11 Å². The number of hydrogen-bond donors (Lipinski definition) is 0. The molecule has 0 saturated carbocycles. The first-order chi connectivity index (χ1) is 12.6. The lowest BCUT2D eigenvalue weighted by atomic mass is 9.97. The number of ether oxygens (including phenoxy) is 2. The zero-order chi connectivity index (χ0) is 18.5. The Hall–Kier alpha value is -2.49. The molecule has 0 spiro atoms. The van der Waals surface area contributed by atoms with Crippen LogP contribution in [0.3, 0.4) is 0 Å². The highest BCUT2D eigenvalue weighted by Gasteiger charge is 2.18. The van der Waals surface area contributed by atoms with Crippen molar-refractivity contribution in [2.45, 2.75) is 32.6 Å². The van der Waals surface area contributed by atoms with Crippen molar-refractivity contribution in [2.75, 3.05) is 26.8 Å². The lowest BCUT2D eigenvalue weighted by Crippen LogP contribution is -2.32. The average molecular weight is 353 g/mol. The van der Waals surface area contributed by atoms with E-state index < -0.39 is 0 Å². The van der Waals surface area contributed by atoms with Gasteiger partial charge in [0.15, 0.2) is 6.61 Å². The molecule has 0 aliphatic carbocycles. The second-order valence-corrected chi connectivity index (χ2v) is 7.05. The zero-order valence-corrected chi connectivity index (χ0v) is 15.8. The number of benzene rings is 2. The highest BCUT2D eigenvalue weighted by atomic mass is 16.5. The second kappa shape index (κ2) is 8.26. The number of carbonyl (C=O) groups is 1. The fourth-order valence-corrected chi connectivity index (χ4v) is 3.22. The third kappa shape index (κ3) is 4.37. The van der Waals surface area contributed by atoms with E-state index in [2.05, 4.69) is 38.1 Å². The number of carbonyl (C=O) groups excluding carboxylic acids is 1. The third-order valence-corrected chi connectivity index (χ3v) is 4.82. The molecule has 2 aromatic carbocycles. The number of likely N-dealkylation sites (tertiary alicyclic amines) is 1. The molecule has 0 atom stereocenters. The lowest BCUT2D eigenvalue weighted by molar-refractivity contribution is -0.132. The van der Waals surface area contributed by atoms with Gasteiger partial charge in [-0.3, -0.25) is 4.79 Å². The van der Waals surface area contributed by atoms with Crippen molar-refractivity contribution < 1.29 is 14.3 Å². The van der Waals surface area contributed by atoms with E-state index in [0.717, 1.165) is 42.8 Å². The van der Waals surface area contributed by atoms with Crippen molar-refractivity contribution in [3.8, 4) is 22.6 Å². The predicted octanol–water partition coefficient (Wildman–Crippen LogP) is 4.49. The molecule has 138 valence electrons. The Kier molecular flexibility index (Phi) is 5.82. The van der Waals surface area contributed by atoms with Gasteiger partial charge in [-0.2, -0.15) is 0 Å². The van der Waals surface area contributed by atoms with Crippen LogP contribution in [0.4, 0.5) is 0 Å². The highest BCUT2D eigenvalue weighted by molar-refractivity contribution is 5.78. The van der Waals surface area contributed by atoms with Gasteiger partial charge in [-0.15, -0.1) is 0 Å². The number of methoxy groups -OCH3 is 1. The Morgan fingerprint density at radius 1 is 1.04 bits per heavy atom. The second-order valence-electron chi connectivity index (χ2n) is 7.05. The summed E-state index contributed by atoms with van der Waals surface area (Å²) in [6.07, 6.45) is 2.17. The molecule has 1 fully saturated rings. The molecule has 2 aromatic rings. The van der Waals surface area contributed by atoms with Crippen LogP contribution in [-0.2, 0) is 4.79 Å². The molecule has 4 nitrogen and oxygen atoms in total. The maximum Gasteiger partial charge on any atom is 0.260 e. The van der Waals surface area contributed by atoms with E-state index in [4.69, 9.17) is 9.47 Å². The largest absolute Gasteiger partial charge is 0.497 e. The number of amides is 1. The van der Waals surface area contributed by atoms with Crippen LogP contribution in [0.25, 0.3) is 11.1 Å². The van der Waals surface area contributed by atoms with Crippen molar-refractivity contribution in [3.05, 3.63) is 48.0 Å². The maximum atomic E-state index is 12.2. The quantitative estimate of drug-likeness (QED) is 0.768. The van der Waals surface area contributed by atoms with E-state index in [1.807, 2.05) is 23.1 Å². The molecule has 0 bridgehead atoms. The first-order valence-corrected chi connectivity index (χ1v) is 9.27. The smallest absolute Gasteiger partial charge is 0.260 e. The van der Waals surface area contributed by atoms with E-state index in [9.17, 15) is 4.79 Å². The van der Waals surface area contributed by atoms with Crippen molar-refractivity contribution in [2.24, 2.45) is 0 Å². The minimum Gasteiger partial charge on any atom is -0.497 e. The van der Waals surface area contributed by atoms with Gasteiger partial charge in [-0.25, -0.2) is 0 Å². The average Bonchev–Trinajstić information content (AvgIpc) is 3.20. The number of nitrogens with zero attached hydrogens (tertiary/aromatic N) is 1. The Bertz CT molecular complexity index is 764. The molecule has 1 saturated heterocycles. The SMILES string of the molecule is COc1cc(OCC(=O)N2CCCC2)cc(-c2cccc(C(C)C)c2)c1. The van der Waals surface area contributed by atoms with E-state index in [0.29, 0.717) is 11.7 Å². The van der Waals surface area contributed by atoms with Gasteiger partial charge >= 0.3 is 0 Å². The van der Waals surface area contributed by atoms with Crippen LogP contribution in [-0.4, -0.2) is 37.6 Å². The van der Waals surface area contributed by atoms with Crippen molar-refractivity contribution >= 4 is 5.91 Å². The van der Waals surface area contributed by atoms with Gasteiger partial charge in [0.2, 0.25) is 0 Å². The summed E-state index contributed by atoms with van der Waals surface area (Å²) in [6.45, 7) is 6.12. The zero-order valence-electron chi connectivity index (χ0n) is 15.8. The standard InChI is InChI=1S/C22H27NO3/c1-16(2)17-7-6-8-18(11-17)19-12-20(25-3)14-21(13-19)26-15-22(24)23-9-4-5-10-23/h6-8,11-14,16H,4-5,9-10,15H2,1-3H3. The first kappa shape index (κ1) is 18.3. The molecule has 1 heterocycles. The highest BCUT2D eigenvalue weighted by Crippen LogP contribution is 2.31. The minimum absolute atomic E-state index is 0.0497. The Balaban J connectivity index is 1.80. The van der Waals surface area contributed by atoms with Gasteiger partial charge in [0.25, 0.3) is 5.91 Å². The Morgan fingerprint density at radius 2 is 1.77 bits per heavy atom. The van der Waals surface area contributed by atoms with Crippen molar-refractivity contribution in [3.63, 3.8) is 0 Å². The molecule has 3 rings (SSSR count). The summed E-state index contributed by atoms with van der Waals surface area (Å²) in [5.74, 6) is 1.89. The number of rotatable bonds is 6. The molecule has 26 heavy (non-hydrogen) atoms. The number of hydrogen-bond acceptors (Lipinski definition) is 3. The molecule has 0 unspecified atom stereocenters. The fourth-order valence-electron chi connectivity index (χ4n) is 3.22. The summed E-state index contributed by atoms with van der Waals surface area (Å²) < 4.78 is 11.2. The topological polar surface area (TPSA) is 38.8 Å². The van der Waals surface area contributed by atoms with Crippen LogP contribution in [0, 0.1) is 0 Å². The van der Waals surface area contributed by atoms with Crippen molar-refractivity contribution in [1.82, 2.24) is 4.90 Å². The lowest BCUT2D eigenvalue weighted by Gasteiger charge is -2.16. The molecular weight excluding hydrogens is 326 g/mol. The van der Waals surface area contributed by atoms with E-state index in [1.165, 1.54) is 5.56 Å².